The molecule has 0 spiro atoms. The van der Waals surface area contributed by atoms with Crippen LogP contribution in [0.2, 0.25) is 10.0 Å². The van der Waals surface area contributed by atoms with Gasteiger partial charge in [0.2, 0.25) is 5.91 Å². The molecule has 0 aliphatic carbocycles. The van der Waals surface area contributed by atoms with Gasteiger partial charge >= 0.3 is 0 Å². The van der Waals surface area contributed by atoms with Crippen molar-refractivity contribution >= 4 is 35.2 Å². The van der Waals surface area contributed by atoms with Crippen molar-refractivity contribution in [3.8, 4) is 0 Å². The zero-order valence-electron chi connectivity index (χ0n) is 11.8. The van der Waals surface area contributed by atoms with Crippen molar-refractivity contribution in [1.82, 2.24) is 14.7 Å². The van der Waals surface area contributed by atoms with Gasteiger partial charge in [-0.2, -0.15) is 5.10 Å². The number of likely N-dealkylation sites (N-methyl/N-ethyl adjacent to an activating group) is 1. The topological polar surface area (TPSA) is 38.1 Å². The number of carbonyl (C=O) groups excluding carboxylic acids is 1. The molecule has 0 atom stereocenters. The Morgan fingerprint density at radius 3 is 2.86 bits per heavy atom. The van der Waals surface area contributed by atoms with Gasteiger partial charge in [0.05, 0.1) is 16.2 Å². The summed E-state index contributed by atoms with van der Waals surface area (Å²) in [7, 11) is 3.58. The molecule has 2 rings (SSSR count). The first-order valence-electron chi connectivity index (χ1n) is 6.32. The Morgan fingerprint density at radius 1 is 1.43 bits per heavy atom. The molecule has 21 heavy (non-hydrogen) atoms. The van der Waals surface area contributed by atoms with Crippen LogP contribution in [0.25, 0.3) is 6.08 Å². The van der Waals surface area contributed by atoms with Crippen LogP contribution in [0.5, 0.6) is 0 Å². The highest BCUT2D eigenvalue weighted by atomic mass is 35.5. The second-order valence-corrected chi connectivity index (χ2v) is 5.48. The molecule has 0 fully saturated rings. The summed E-state index contributed by atoms with van der Waals surface area (Å²) in [4.78, 5) is 13.7. The maximum absolute atomic E-state index is 12.1. The fourth-order valence-electron chi connectivity index (χ4n) is 1.84. The van der Waals surface area contributed by atoms with Gasteiger partial charge in [-0.15, -0.1) is 0 Å². The van der Waals surface area contributed by atoms with E-state index < -0.39 is 0 Å². The summed E-state index contributed by atoms with van der Waals surface area (Å²) >= 11 is 12.0. The third kappa shape index (κ3) is 4.09. The van der Waals surface area contributed by atoms with Gasteiger partial charge in [0.25, 0.3) is 0 Å². The lowest BCUT2D eigenvalue weighted by Gasteiger charge is -2.13. The zero-order chi connectivity index (χ0) is 15.4. The predicted molar refractivity (Wildman–Crippen MR) is 85.2 cm³/mol. The summed E-state index contributed by atoms with van der Waals surface area (Å²) in [6, 6.07) is 5.30. The molecule has 0 aliphatic heterocycles. The van der Waals surface area contributed by atoms with E-state index >= 15 is 0 Å². The van der Waals surface area contributed by atoms with Crippen molar-refractivity contribution in [2.75, 3.05) is 7.05 Å². The summed E-state index contributed by atoms with van der Waals surface area (Å²) in [5.41, 5.74) is 1.69. The third-order valence-electron chi connectivity index (χ3n) is 2.94. The van der Waals surface area contributed by atoms with Crippen LogP contribution in [0, 0.1) is 0 Å². The number of aromatic nitrogens is 2. The van der Waals surface area contributed by atoms with E-state index in [4.69, 9.17) is 23.2 Å². The molecule has 0 saturated carbocycles. The number of hydrogen-bond acceptors (Lipinski definition) is 2. The second kappa shape index (κ2) is 6.78. The van der Waals surface area contributed by atoms with E-state index in [-0.39, 0.29) is 5.91 Å². The summed E-state index contributed by atoms with van der Waals surface area (Å²) in [6.45, 7) is 0.500. The molecule has 0 radical (unpaired) electrons. The van der Waals surface area contributed by atoms with E-state index in [9.17, 15) is 4.79 Å². The first-order chi connectivity index (χ1) is 9.97. The van der Waals surface area contributed by atoms with Crippen LogP contribution in [0.4, 0.5) is 0 Å². The maximum atomic E-state index is 12.1. The Balaban J connectivity index is 2.03. The molecular weight excluding hydrogens is 309 g/mol. The van der Waals surface area contributed by atoms with Crippen LogP contribution < -0.4 is 0 Å². The Morgan fingerprint density at radius 2 is 2.19 bits per heavy atom. The number of hydrogen-bond donors (Lipinski definition) is 0. The molecule has 4 nitrogen and oxygen atoms in total. The molecule has 0 N–H and O–H groups in total. The van der Waals surface area contributed by atoms with E-state index in [2.05, 4.69) is 5.10 Å². The van der Waals surface area contributed by atoms with Crippen LogP contribution in [-0.4, -0.2) is 27.6 Å². The molecule has 0 unspecified atom stereocenters. The minimum absolute atomic E-state index is 0.116. The Bertz CT molecular complexity index is 679. The van der Waals surface area contributed by atoms with E-state index in [0.29, 0.717) is 22.2 Å². The van der Waals surface area contributed by atoms with Gasteiger partial charge in [-0.25, -0.2) is 0 Å². The first-order valence-corrected chi connectivity index (χ1v) is 7.07. The van der Waals surface area contributed by atoms with Crippen molar-refractivity contribution in [3.05, 3.63) is 57.8 Å². The maximum Gasteiger partial charge on any atom is 0.246 e. The monoisotopic (exact) mass is 323 g/mol. The standard InChI is InChI=1S/C15H15Cl2N3O/c1-19(9-11-8-18-20(2)10-11)14(21)7-6-12-4-3-5-13(16)15(12)17/h3-8,10H,9H2,1-2H3/b7-6+. The van der Waals surface area contributed by atoms with Gasteiger partial charge in [0.1, 0.15) is 0 Å². The minimum atomic E-state index is -0.116. The number of benzene rings is 1. The SMILES string of the molecule is CN(Cc1cnn(C)c1)C(=O)/C=C/c1cccc(Cl)c1Cl. The van der Waals surface area contributed by atoms with Crippen LogP contribution in [-0.2, 0) is 18.4 Å². The van der Waals surface area contributed by atoms with Gasteiger partial charge in [0.15, 0.2) is 0 Å². The van der Waals surface area contributed by atoms with Crippen molar-refractivity contribution in [1.29, 1.82) is 0 Å². The van der Waals surface area contributed by atoms with Gasteiger partial charge in [0, 0.05) is 38.5 Å². The number of carbonyl (C=O) groups is 1. The molecule has 1 heterocycles. The number of nitrogens with zero attached hydrogens (tertiary/aromatic N) is 3. The molecule has 1 aromatic heterocycles. The number of aryl methyl sites for hydroxylation is 1. The smallest absolute Gasteiger partial charge is 0.246 e. The lowest BCUT2D eigenvalue weighted by molar-refractivity contribution is -0.125. The molecule has 0 bridgehead atoms. The van der Waals surface area contributed by atoms with Crippen LogP contribution >= 0.6 is 23.2 Å². The van der Waals surface area contributed by atoms with Crippen molar-refractivity contribution in [2.24, 2.45) is 7.05 Å². The molecule has 110 valence electrons. The van der Waals surface area contributed by atoms with Crippen molar-refractivity contribution in [2.45, 2.75) is 6.54 Å². The Labute approximate surface area is 133 Å². The lowest BCUT2D eigenvalue weighted by atomic mass is 10.2. The quantitative estimate of drug-likeness (QED) is 0.809. The van der Waals surface area contributed by atoms with Gasteiger partial charge in [-0.3, -0.25) is 9.48 Å². The molecule has 1 aromatic carbocycles. The van der Waals surface area contributed by atoms with Gasteiger partial charge in [-0.1, -0.05) is 35.3 Å². The average Bonchev–Trinajstić information content (AvgIpc) is 2.85. The average molecular weight is 324 g/mol. The number of halogens is 2. The van der Waals surface area contributed by atoms with E-state index in [1.807, 2.05) is 13.2 Å². The normalized spacial score (nSPS) is 11.0. The predicted octanol–water partition coefficient (Wildman–Crippen LogP) is 3.40. The highest BCUT2D eigenvalue weighted by Crippen LogP contribution is 2.26. The summed E-state index contributed by atoms with van der Waals surface area (Å²) in [6.07, 6.45) is 6.76. The van der Waals surface area contributed by atoms with Crippen LogP contribution in [0.1, 0.15) is 11.1 Å². The minimum Gasteiger partial charge on any atom is -0.338 e. The molecule has 2 aromatic rings. The molecule has 0 saturated heterocycles. The van der Waals surface area contributed by atoms with E-state index in [1.165, 1.54) is 6.08 Å². The fourth-order valence-corrected chi connectivity index (χ4v) is 2.21. The molecule has 1 amide bonds. The number of amides is 1. The number of rotatable bonds is 4. The summed E-state index contributed by atoms with van der Waals surface area (Å²) in [5.74, 6) is -0.116. The Hall–Kier alpha value is -1.78. The molecule has 6 heteroatoms. The molecular formula is C15H15Cl2N3O. The Kier molecular flexibility index (Phi) is 5.04. The largest absolute Gasteiger partial charge is 0.338 e. The highest BCUT2D eigenvalue weighted by molar-refractivity contribution is 6.42. The summed E-state index contributed by atoms with van der Waals surface area (Å²) < 4.78 is 1.70. The van der Waals surface area contributed by atoms with Gasteiger partial charge < -0.3 is 4.90 Å². The van der Waals surface area contributed by atoms with Crippen LogP contribution in [0.3, 0.4) is 0 Å². The molecule has 0 aliphatic rings. The summed E-state index contributed by atoms with van der Waals surface area (Å²) in [5, 5.41) is 4.98. The van der Waals surface area contributed by atoms with E-state index in [0.717, 1.165) is 5.56 Å². The second-order valence-electron chi connectivity index (χ2n) is 4.69. The fraction of sp³-hybridized carbons (Fsp3) is 0.200. The third-order valence-corrected chi connectivity index (χ3v) is 3.77. The highest BCUT2D eigenvalue weighted by Gasteiger charge is 2.08. The van der Waals surface area contributed by atoms with E-state index in [1.54, 1.807) is 47.1 Å². The van der Waals surface area contributed by atoms with Crippen molar-refractivity contribution < 1.29 is 4.79 Å². The van der Waals surface area contributed by atoms with Crippen molar-refractivity contribution in [3.63, 3.8) is 0 Å². The first kappa shape index (κ1) is 15.6. The van der Waals surface area contributed by atoms with Gasteiger partial charge in [-0.05, 0) is 17.7 Å². The lowest BCUT2D eigenvalue weighted by Crippen LogP contribution is -2.23. The van der Waals surface area contributed by atoms with Crippen LogP contribution in [0.15, 0.2) is 36.7 Å². The zero-order valence-corrected chi connectivity index (χ0v) is 13.3.